The fourth-order valence-electron chi connectivity index (χ4n) is 1.21. The SMILES string of the molecule is CC(C)N(C)c1nc(C(F)(F)F)ccc1C#N. The Morgan fingerprint density at radius 3 is 2.35 bits per heavy atom. The minimum absolute atomic E-state index is 0.0434. The standard InChI is InChI=1S/C11H12F3N3/c1-7(2)17(3)10-8(6-15)4-5-9(16-10)11(12,13)14/h4-5,7H,1-3H3. The monoisotopic (exact) mass is 243 g/mol. The summed E-state index contributed by atoms with van der Waals surface area (Å²) in [5.74, 6) is 0.0531. The van der Waals surface area contributed by atoms with Crippen LogP contribution in [0, 0.1) is 11.3 Å². The van der Waals surface area contributed by atoms with Crippen LogP contribution in [0.5, 0.6) is 0 Å². The van der Waals surface area contributed by atoms with Crippen LogP contribution >= 0.6 is 0 Å². The molecule has 1 heterocycles. The van der Waals surface area contributed by atoms with Crippen molar-refractivity contribution in [2.75, 3.05) is 11.9 Å². The van der Waals surface area contributed by atoms with Crippen LogP contribution in [-0.4, -0.2) is 18.1 Å². The Labute approximate surface area is 97.5 Å². The third-order valence-corrected chi connectivity index (χ3v) is 2.39. The summed E-state index contributed by atoms with van der Waals surface area (Å²) < 4.78 is 37.5. The van der Waals surface area contributed by atoms with Crippen molar-refractivity contribution in [1.82, 2.24) is 4.98 Å². The van der Waals surface area contributed by atoms with E-state index in [4.69, 9.17) is 5.26 Å². The number of hydrogen-bond donors (Lipinski definition) is 0. The molecule has 0 aliphatic rings. The molecule has 1 rings (SSSR count). The molecule has 17 heavy (non-hydrogen) atoms. The van der Waals surface area contributed by atoms with Crippen LogP contribution in [0.3, 0.4) is 0 Å². The predicted octanol–water partition coefficient (Wildman–Crippen LogP) is 2.82. The van der Waals surface area contributed by atoms with E-state index in [0.29, 0.717) is 0 Å². The van der Waals surface area contributed by atoms with E-state index in [9.17, 15) is 13.2 Å². The third-order valence-electron chi connectivity index (χ3n) is 2.39. The molecule has 0 bridgehead atoms. The Morgan fingerprint density at radius 1 is 1.35 bits per heavy atom. The molecule has 0 fully saturated rings. The van der Waals surface area contributed by atoms with Gasteiger partial charge in [-0.05, 0) is 26.0 Å². The zero-order valence-electron chi connectivity index (χ0n) is 9.71. The van der Waals surface area contributed by atoms with E-state index < -0.39 is 11.9 Å². The quantitative estimate of drug-likeness (QED) is 0.801. The van der Waals surface area contributed by atoms with Crippen molar-refractivity contribution < 1.29 is 13.2 Å². The van der Waals surface area contributed by atoms with E-state index in [1.807, 2.05) is 19.9 Å². The molecule has 1 aromatic rings. The number of hydrogen-bond acceptors (Lipinski definition) is 3. The number of anilines is 1. The van der Waals surface area contributed by atoms with Crippen LogP contribution in [-0.2, 0) is 6.18 Å². The van der Waals surface area contributed by atoms with E-state index in [1.165, 1.54) is 4.90 Å². The smallest absolute Gasteiger partial charge is 0.356 e. The summed E-state index contributed by atoms with van der Waals surface area (Å²) >= 11 is 0. The Balaban J connectivity index is 3.31. The normalized spacial score (nSPS) is 11.4. The van der Waals surface area contributed by atoms with E-state index in [2.05, 4.69) is 4.98 Å². The molecule has 0 atom stereocenters. The Morgan fingerprint density at radius 2 is 1.94 bits per heavy atom. The molecule has 0 aliphatic heterocycles. The lowest BCUT2D eigenvalue weighted by Gasteiger charge is -2.24. The van der Waals surface area contributed by atoms with Crippen LogP contribution in [0.25, 0.3) is 0 Å². The number of nitrogens with zero attached hydrogens (tertiary/aromatic N) is 3. The van der Waals surface area contributed by atoms with Gasteiger partial charge in [0.15, 0.2) is 0 Å². The maximum atomic E-state index is 12.5. The molecule has 0 amide bonds. The van der Waals surface area contributed by atoms with Crippen molar-refractivity contribution in [2.24, 2.45) is 0 Å². The topological polar surface area (TPSA) is 39.9 Å². The molecule has 0 saturated carbocycles. The molecule has 0 radical (unpaired) electrons. The molecule has 0 aromatic carbocycles. The second kappa shape index (κ2) is 4.62. The second-order valence-corrected chi connectivity index (χ2v) is 3.88. The van der Waals surface area contributed by atoms with Crippen LogP contribution in [0.15, 0.2) is 12.1 Å². The molecule has 92 valence electrons. The van der Waals surface area contributed by atoms with Crippen molar-refractivity contribution in [1.29, 1.82) is 5.26 Å². The van der Waals surface area contributed by atoms with Crippen LogP contribution in [0.1, 0.15) is 25.1 Å². The highest BCUT2D eigenvalue weighted by Crippen LogP contribution is 2.30. The van der Waals surface area contributed by atoms with E-state index in [0.717, 1.165) is 12.1 Å². The molecular formula is C11H12F3N3. The van der Waals surface area contributed by atoms with E-state index in [-0.39, 0.29) is 17.4 Å². The highest BCUT2D eigenvalue weighted by atomic mass is 19.4. The highest BCUT2D eigenvalue weighted by Gasteiger charge is 2.33. The summed E-state index contributed by atoms with van der Waals surface area (Å²) in [7, 11) is 1.61. The molecule has 0 saturated heterocycles. The summed E-state index contributed by atoms with van der Waals surface area (Å²) in [6, 6.07) is 3.75. The first kappa shape index (κ1) is 13.3. The lowest BCUT2D eigenvalue weighted by atomic mass is 10.2. The molecule has 3 nitrogen and oxygen atoms in total. The van der Waals surface area contributed by atoms with E-state index in [1.54, 1.807) is 7.05 Å². The van der Waals surface area contributed by atoms with Crippen molar-refractivity contribution in [3.63, 3.8) is 0 Å². The molecular weight excluding hydrogens is 231 g/mol. The lowest BCUT2D eigenvalue weighted by molar-refractivity contribution is -0.141. The first-order valence-corrected chi connectivity index (χ1v) is 4.98. The molecule has 1 aromatic heterocycles. The second-order valence-electron chi connectivity index (χ2n) is 3.88. The summed E-state index contributed by atoms with van der Waals surface area (Å²) in [6.07, 6.45) is -4.50. The first-order valence-electron chi connectivity index (χ1n) is 4.98. The molecule has 6 heteroatoms. The van der Waals surface area contributed by atoms with Gasteiger partial charge in [0.2, 0.25) is 0 Å². The van der Waals surface area contributed by atoms with Gasteiger partial charge < -0.3 is 4.90 Å². The number of rotatable bonds is 2. The number of nitriles is 1. The minimum Gasteiger partial charge on any atom is -0.356 e. The van der Waals surface area contributed by atoms with Crippen LogP contribution in [0.4, 0.5) is 19.0 Å². The Hall–Kier alpha value is -1.77. The number of aromatic nitrogens is 1. The zero-order chi connectivity index (χ0) is 13.2. The molecule has 0 aliphatic carbocycles. The van der Waals surface area contributed by atoms with Crippen molar-refractivity contribution in [2.45, 2.75) is 26.1 Å². The Bertz CT molecular complexity index is 446. The van der Waals surface area contributed by atoms with Gasteiger partial charge in [-0.25, -0.2) is 4.98 Å². The van der Waals surface area contributed by atoms with Gasteiger partial charge in [-0.15, -0.1) is 0 Å². The fourth-order valence-corrected chi connectivity index (χ4v) is 1.21. The fraction of sp³-hybridized carbons (Fsp3) is 0.455. The molecule has 0 N–H and O–H groups in total. The number of halogens is 3. The summed E-state index contributed by atoms with van der Waals surface area (Å²) in [4.78, 5) is 5.05. The van der Waals surface area contributed by atoms with Gasteiger partial charge in [0.1, 0.15) is 17.6 Å². The Kier molecular flexibility index (Phi) is 3.61. The van der Waals surface area contributed by atoms with Gasteiger partial charge in [0.05, 0.1) is 5.56 Å². The number of pyridine rings is 1. The third kappa shape index (κ3) is 2.87. The maximum absolute atomic E-state index is 12.5. The van der Waals surface area contributed by atoms with Crippen molar-refractivity contribution in [3.8, 4) is 6.07 Å². The summed E-state index contributed by atoms with van der Waals surface area (Å²) in [6.45, 7) is 3.62. The van der Waals surface area contributed by atoms with Gasteiger partial charge in [0.25, 0.3) is 0 Å². The zero-order valence-corrected chi connectivity index (χ0v) is 9.71. The minimum atomic E-state index is -4.50. The molecule has 0 unspecified atom stereocenters. The molecule has 0 spiro atoms. The van der Waals surface area contributed by atoms with Gasteiger partial charge >= 0.3 is 6.18 Å². The van der Waals surface area contributed by atoms with E-state index >= 15 is 0 Å². The number of alkyl halides is 3. The summed E-state index contributed by atoms with van der Waals surface area (Å²) in [5, 5.41) is 8.84. The van der Waals surface area contributed by atoms with Crippen molar-refractivity contribution >= 4 is 5.82 Å². The average Bonchev–Trinajstić information content (AvgIpc) is 2.25. The maximum Gasteiger partial charge on any atom is 0.433 e. The van der Waals surface area contributed by atoms with Gasteiger partial charge in [-0.1, -0.05) is 0 Å². The first-order chi connectivity index (χ1) is 7.77. The van der Waals surface area contributed by atoms with Crippen LogP contribution < -0.4 is 4.90 Å². The average molecular weight is 243 g/mol. The van der Waals surface area contributed by atoms with Gasteiger partial charge in [0, 0.05) is 13.1 Å². The lowest BCUT2D eigenvalue weighted by Crippen LogP contribution is -2.28. The predicted molar refractivity (Wildman–Crippen MR) is 57.5 cm³/mol. The van der Waals surface area contributed by atoms with Crippen LogP contribution in [0.2, 0.25) is 0 Å². The largest absolute Gasteiger partial charge is 0.433 e. The van der Waals surface area contributed by atoms with Gasteiger partial charge in [-0.2, -0.15) is 18.4 Å². The van der Waals surface area contributed by atoms with Crippen molar-refractivity contribution in [3.05, 3.63) is 23.4 Å². The van der Waals surface area contributed by atoms with Gasteiger partial charge in [-0.3, -0.25) is 0 Å². The highest BCUT2D eigenvalue weighted by molar-refractivity contribution is 5.54. The summed E-state index contributed by atoms with van der Waals surface area (Å²) in [5.41, 5.74) is -0.854.